The molecule has 3 amide bonds. The van der Waals surface area contributed by atoms with E-state index < -0.39 is 34.4 Å². The van der Waals surface area contributed by atoms with Gasteiger partial charge in [0.15, 0.2) is 0 Å². The van der Waals surface area contributed by atoms with E-state index in [0.29, 0.717) is 0 Å². The molecule has 0 aromatic heterocycles. The molecule has 0 bridgehead atoms. The van der Waals surface area contributed by atoms with Crippen LogP contribution in [0, 0.1) is 10.1 Å². The third kappa shape index (κ3) is 2.70. The van der Waals surface area contributed by atoms with E-state index in [1.54, 1.807) is 0 Å². The Balaban J connectivity index is 2.45. The van der Waals surface area contributed by atoms with Crippen molar-refractivity contribution >= 4 is 35.0 Å². The molecule has 0 aliphatic carbocycles. The maximum atomic E-state index is 12.4. The van der Waals surface area contributed by atoms with Crippen molar-refractivity contribution < 1.29 is 19.3 Å². The fourth-order valence-corrected chi connectivity index (χ4v) is 2.23. The van der Waals surface area contributed by atoms with Crippen LogP contribution < -0.4 is 5.32 Å². The fourth-order valence-electron chi connectivity index (χ4n) is 1.99. The molecule has 1 unspecified atom stereocenters. The van der Waals surface area contributed by atoms with Gasteiger partial charge in [-0.25, -0.2) is 0 Å². The summed E-state index contributed by atoms with van der Waals surface area (Å²) in [6, 6.07) is 3.00. The van der Waals surface area contributed by atoms with Gasteiger partial charge >= 0.3 is 5.69 Å². The summed E-state index contributed by atoms with van der Waals surface area (Å²) < 4.78 is 0. The van der Waals surface area contributed by atoms with Crippen molar-refractivity contribution in [1.82, 2.24) is 10.2 Å². The monoisotopic (exact) mass is 311 g/mol. The summed E-state index contributed by atoms with van der Waals surface area (Å²) in [5.74, 6) is -2.07. The number of nitrogens with one attached hydrogen (secondary N) is 1. The fraction of sp³-hybridized carbons (Fsp3) is 0.250. The molecule has 1 aliphatic rings. The largest absolute Gasteiger partial charge is 0.317 e. The van der Waals surface area contributed by atoms with Crippen LogP contribution in [0.4, 0.5) is 5.69 Å². The number of piperazine rings is 1. The SMILES string of the molecule is CC1C(=O)NC(=O)CN1C(=O)c1cccc(Cl)c1[N+](=O)[O-]. The number of halogens is 1. The Labute approximate surface area is 123 Å². The van der Waals surface area contributed by atoms with Gasteiger partial charge in [0.1, 0.15) is 23.2 Å². The van der Waals surface area contributed by atoms with E-state index in [0.717, 1.165) is 4.90 Å². The van der Waals surface area contributed by atoms with Crippen LogP contribution in [0.1, 0.15) is 17.3 Å². The van der Waals surface area contributed by atoms with Crippen molar-refractivity contribution in [3.8, 4) is 0 Å². The van der Waals surface area contributed by atoms with Gasteiger partial charge in [0, 0.05) is 0 Å². The Morgan fingerprint density at radius 3 is 2.76 bits per heavy atom. The number of para-hydroxylation sites is 1. The third-order valence-electron chi connectivity index (χ3n) is 3.08. The van der Waals surface area contributed by atoms with Gasteiger partial charge in [-0.3, -0.25) is 29.8 Å². The summed E-state index contributed by atoms with van der Waals surface area (Å²) in [5, 5.41) is 12.9. The lowest BCUT2D eigenvalue weighted by atomic mass is 10.1. The normalized spacial score (nSPS) is 18.4. The van der Waals surface area contributed by atoms with Crippen LogP contribution in [-0.2, 0) is 9.59 Å². The van der Waals surface area contributed by atoms with Crippen LogP contribution in [-0.4, -0.2) is 40.1 Å². The van der Waals surface area contributed by atoms with Gasteiger partial charge in [-0.15, -0.1) is 0 Å². The molecule has 21 heavy (non-hydrogen) atoms. The van der Waals surface area contributed by atoms with Crippen molar-refractivity contribution in [2.75, 3.05) is 6.54 Å². The van der Waals surface area contributed by atoms with Crippen LogP contribution in [0.2, 0.25) is 5.02 Å². The van der Waals surface area contributed by atoms with E-state index in [2.05, 4.69) is 5.32 Å². The van der Waals surface area contributed by atoms with E-state index in [-0.39, 0.29) is 17.1 Å². The number of hydrogen-bond donors (Lipinski definition) is 1. The molecule has 110 valence electrons. The summed E-state index contributed by atoms with van der Waals surface area (Å²) in [4.78, 5) is 46.6. The zero-order valence-corrected chi connectivity index (χ0v) is 11.6. The zero-order valence-electron chi connectivity index (χ0n) is 10.8. The number of nitro groups is 1. The van der Waals surface area contributed by atoms with Gasteiger partial charge in [-0.2, -0.15) is 0 Å². The van der Waals surface area contributed by atoms with Crippen molar-refractivity contribution in [2.45, 2.75) is 13.0 Å². The highest BCUT2D eigenvalue weighted by molar-refractivity contribution is 6.33. The van der Waals surface area contributed by atoms with E-state index >= 15 is 0 Å². The van der Waals surface area contributed by atoms with Crippen LogP contribution in [0.5, 0.6) is 0 Å². The molecule has 0 radical (unpaired) electrons. The summed E-state index contributed by atoms with van der Waals surface area (Å²) in [6.45, 7) is 1.07. The van der Waals surface area contributed by atoms with Crippen molar-refractivity contribution in [3.05, 3.63) is 38.9 Å². The first-order chi connectivity index (χ1) is 9.82. The van der Waals surface area contributed by atoms with Gasteiger partial charge < -0.3 is 4.90 Å². The number of hydrogen-bond acceptors (Lipinski definition) is 5. The highest BCUT2D eigenvalue weighted by atomic mass is 35.5. The molecule has 1 aliphatic heterocycles. The topological polar surface area (TPSA) is 110 Å². The van der Waals surface area contributed by atoms with Crippen molar-refractivity contribution in [2.24, 2.45) is 0 Å². The number of nitro benzene ring substituents is 1. The molecule has 1 heterocycles. The van der Waals surface area contributed by atoms with Crippen LogP contribution in [0.3, 0.4) is 0 Å². The molecular weight excluding hydrogens is 302 g/mol. The average molecular weight is 312 g/mol. The lowest BCUT2D eigenvalue weighted by Crippen LogP contribution is -2.58. The van der Waals surface area contributed by atoms with E-state index in [1.165, 1.54) is 25.1 Å². The quantitative estimate of drug-likeness (QED) is 0.492. The molecule has 0 saturated carbocycles. The third-order valence-corrected chi connectivity index (χ3v) is 3.39. The maximum absolute atomic E-state index is 12.4. The standard InChI is InChI=1S/C12H10ClN3O5/c1-6-11(18)14-9(17)5-15(6)12(19)7-3-2-4-8(13)10(7)16(20)21/h2-4,6H,5H2,1H3,(H,14,17,18). The summed E-state index contributed by atoms with van der Waals surface area (Å²) >= 11 is 5.74. The lowest BCUT2D eigenvalue weighted by Gasteiger charge is -2.31. The number of benzene rings is 1. The van der Waals surface area contributed by atoms with Gasteiger partial charge in [-0.05, 0) is 19.1 Å². The number of rotatable bonds is 2. The number of carbonyl (C=O) groups excluding carboxylic acids is 3. The predicted molar refractivity (Wildman–Crippen MR) is 71.8 cm³/mol. The smallest absolute Gasteiger partial charge is 0.300 e. The van der Waals surface area contributed by atoms with Gasteiger partial charge in [0.05, 0.1) is 4.92 Å². The molecule has 1 aromatic rings. The molecule has 8 nitrogen and oxygen atoms in total. The van der Waals surface area contributed by atoms with Crippen molar-refractivity contribution in [3.63, 3.8) is 0 Å². The van der Waals surface area contributed by atoms with Crippen LogP contribution in [0.25, 0.3) is 0 Å². The Morgan fingerprint density at radius 1 is 1.48 bits per heavy atom. The highest BCUT2D eigenvalue weighted by Gasteiger charge is 2.36. The zero-order chi connectivity index (χ0) is 15.7. The molecule has 9 heteroatoms. The van der Waals surface area contributed by atoms with E-state index in [9.17, 15) is 24.5 Å². The highest BCUT2D eigenvalue weighted by Crippen LogP contribution is 2.29. The van der Waals surface area contributed by atoms with Crippen LogP contribution in [0.15, 0.2) is 18.2 Å². The summed E-state index contributed by atoms with van der Waals surface area (Å²) in [7, 11) is 0. The average Bonchev–Trinajstić information content (AvgIpc) is 2.41. The van der Waals surface area contributed by atoms with Gasteiger partial charge in [-0.1, -0.05) is 17.7 Å². The Morgan fingerprint density at radius 2 is 2.14 bits per heavy atom. The molecule has 1 aromatic carbocycles. The molecular formula is C12H10ClN3O5. The second-order valence-corrected chi connectivity index (χ2v) is 4.82. The van der Waals surface area contributed by atoms with Gasteiger partial charge in [0.25, 0.3) is 5.91 Å². The number of carbonyl (C=O) groups is 3. The number of amides is 3. The van der Waals surface area contributed by atoms with Crippen molar-refractivity contribution in [1.29, 1.82) is 0 Å². The predicted octanol–water partition coefficient (Wildman–Crippen LogP) is 0.735. The van der Waals surface area contributed by atoms with Gasteiger partial charge in [0.2, 0.25) is 11.8 Å². The summed E-state index contributed by atoms with van der Waals surface area (Å²) in [5.41, 5.74) is -0.809. The molecule has 1 atom stereocenters. The molecule has 1 saturated heterocycles. The first-order valence-corrected chi connectivity index (χ1v) is 6.28. The Hall–Kier alpha value is -2.48. The first-order valence-electron chi connectivity index (χ1n) is 5.90. The maximum Gasteiger partial charge on any atom is 0.300 e. The first kappa shape index (κ1) is 14.9. The summed E-state index contributed by atoms with van der Waals surface area (Å²) in [6.07, 6.45) is 0. The molecule has 2 rings (SSSR count). The minimum atomic E-state index is -0.909. The van der Waals surface area contributed by atoms with E-state index in [1.807, 2.05) is 0 Å². The number of nitrogens with zero attached hydrogens (tertiary/aromatic N) is 2. The Bertz CT molecular complexity index is 660. The lowest BCUT2D eigenvalue weighted by molar-refractivity contribution is -0.385. The Kier molecular flexibility index (Phi) is 3.90. The number of imide groups is 1. The second kappa shape index (κ2) is 5.49. The minimum Gasteiger partial charge on any atom is -0.317 e. The molecule has 1 N–H and O–H groups in total. The van der Waals surface area contributed by atoms with E-state index in [4.69, 9.17) is 11.6 Å². The second-order valence-electron chi connectivity index (χ2n) is 4.41. The molecule has 0 spiro atoms. The minimum absolute atomic E-state index is 0.189. The molecule has 1 fully saturated rings. The van der Waals surface area contributed by atoms with Crippen LogP contribution >= 0.6 is 11.6 Å².